The van der Waals surface area contributed by atoms with E-state index in [-0.39, 0.29) is 13.2 Å². The van der Waals surface area contributed by atoms with Crippen LogP contribution in [0.25, 0.3) is 0 Å². The SMILES string of the molecule is [2H][C@H](/C=C(\C)CC/C=C(\C)CC/C=C(\C)CCC=C(C)C)OP(=O)(OCC)OCC. The van der Waals surface area contributed by atoms with Crippen LogP contribution in [0, 0.1) is 0 Å². The van der Waals surface area contributed by atoms with Crippen LogP contribution in [-0.2, 0) is 18.1 Å². The lowest BCUT2D eigenvalue weighted by Gasteiger charge is -2.15. The summed E-state index contributed by atoms with van der Waals surface area (Å²) >= 11 is 0. The van der Waals surface area contributed by atoms with Gasteiger partial charge >= 0.3 is 7.82 Å². The summed E-state index contributed by atoms with van der Waals surface area (Å²) in [5, 5.41) is 0. The van der Waals surface area contributed by atoms with Gasteiger partial charge in [-0.2, -0.15) is 0 Å². The van der Waals surface area contributed by atoms with Crippen molar-refractivity contribution in [3.8, 4) is 0 Å². The van der Waals surface area contributed by atoms with Crippen LogP contribution in [0.4, 0.5) is 0 Å². The van der Waals surface area contributed by atoms with E-state index in [0.29, 0.717) is 0 Å². The van der Waals surface area contributed by atoms with Crippen molar-refractivity contribution in [1.82, 2.24) is 0 Å². The van der Waals surface area contributed by atoms with Gasteiger partial charge < -0.3 is 0 Å². The molecule has 0 aliphatic rings. The van der Waals surface area contributed by atoms with Crippen molar-refractivity contribution in [2.24, 2.45) is 0 Å². The highest BCUT2D eigenvalue weighted by Crippen LogP contribution is 2.49. The number of hydrogen-bond acceptors (Lipinski definition) is 4. The fourth-order valence-corrected chi connectivity index (χ4v) is 3.64. The van der Waals surface area contributed by atoms with E-state index in [1.165, 1.54) is 16.7 Å². The molecule has 0 aromatic carbocycles. The van der Waals surface area contributed by atoms with Crippen LogP contribution in [0.2, 0.25) is 0 Å². The molecular weight excluding hydrogens is 383 g/mol. The molecule has 0 aliphatic carbocycles. The zero-order valence-corrected chi connectivity index (χ0v) is 20.5. The number of rotatable bonds is 16. The highest BCUT2D eigenvalue weighted by Gasteiger charge is 2.24. The van der Waals surface area contributed by atoms with Crippen molar-refractivity contribution in [3.05, 3.63) is 46.6 Å². The van der Waals surface area contributed by atoms with E-state index in [1.54, 1.807) is 19.9 Å². The second-order valence-electron chi connectivity index (χ2n) is 7.54. The molecule has 0 aromatic heterocycles. The van der Waals surface area contributed by atoms with Crippen LogP contribution in [0.1, 0.15) is 88.4 Å². The third-order valence-electron chi connectivity index (χ3n) is 4.27. The van der Waals surface area contributed by atoms with E-state index >= 15 is 0 Å². The standard InChI is InChI=1S/C24H43O4P/c1-8-26-29(25,27-9-2)28-20-19-24(7)18-12-17-23(6)16-11-15-22(5)14-10-13-21(3)4/h13,15,17,19H,8-12,14,16,18,20H2,1-7H3/b22-15+,23-17+,24-19+/i20D/t20-/m1/s1. The van der Waals surface area contributed by atoms with Crippen LogP contribution >= 0.6 is 7.82 Å². The van der Waals surface area contributed by atoms with Crippen molar-refractivity contribution in [2.75, 3.05) is 19.8 Å². The Morgan fingerprint density at radius 1 is 0.724 bits per heavy atom. The Kier molecular flexibility index (Phi) is 15.1. The topological polar surface area (TPSA) is 44.8 Å². The number of phosphoric ester groups is 1. The largest absolute Gasteiger partial charge is 0.475 e. The summed E-state index contributed by atoms with van der Waals surface area (Å²) in [6, 6.07) is 0. The molecule has 0 aromatic rings. The van der Waals surface area contributed by atoms with Gasteiger partial charge in [0, 0.05) is 0 Å². The first kappa shape index (κ1) is 26.1. The van der Waals surface area contributed by atoms with Crippen LogP contribution in [0.5, 0.6) is 0 Å². The van der Waals surface area contributed by atoms with Crippen LogP contribution < -0.4 is 0 Å². The third-order valence-corrected chi connectivity index (χ3v) is 5.80. The van der Waals surface area contributed by atoms with E-state index in [9.17, 15) is 4.57 Å². The molecule has 0 saturated heterocycles. The monoisotopic (exact) mass is 427 g/mol. The average molecular weight is 428 g/mol. The molecule has 0 saturated carbocycles. The summed E-state index contributed by atoms with van der Waals surface area (Å²) in [6.45, 7) is 13.4. The first-order valence-corrected chi connectivity index (χ1v) is 12.2. The molecule has 0 rings (SSSR count). The quantitative estimate of drug-likeness (QED) is 0.183. The minimum Gasteiger partial charge on any atom is -0.287 e. The molecule has 29 heavy (non-hydrogen) atoms. The molecule has 5 heteroatoms. The Hall–Kier alpha value is -0.930. The normalized spacial score (nSPS) is 15.3. The van der Waals surface area contributed by atoms with Crippen LogP contribution in [0.15, 0.2) is 46.6 Å². The Bertz CT molecular complexity index is 636. The van der Waals surface area contributed by atoms with Gasteiger partial charge in [-0.25, -0.2) is 4.57 Å². The summed E-state index contributed by atoms with van der Waals surface area (Å²) in [6.07, 6.45) is 14.7. The Morgan fingerprint density at radius 2 is 1.14 bits per heavy atom. The fourth-order valence-electron chi connectivity index (χ4n) is 2.60. The summed E-state index contributed by atoms with van der Waals surface area (Å²) < 4.78 is 35.6. The number of allylic oxidation sites excluding steroid dienone is 7. The Morgan fingerprint density at radius 3 is 1.55 bits per heavy atom. The Labute approximate surface area is 181 Å². The zero-order valence-electron chi connectivity index (χ0n) is 20.6. The minimum absolute atomic E-state index is 0.209. The first-order chi connectivity index (χ1) is 14.1. The second kappa shape index (κ2) is 16.8. The van der Waals surface area contributed by atoms with E-state index < -0.39 is 14.4 Å². The van der Waals surface area contributed by atoms with Crippen molar-refractivity contribution >= 4 is 7.82 Å². The predicted molar refractivity (Wildman–Crippen MR) is 125 cm³/mol. The van der Waals surface area contributed by atoms with Gasteiger partial charge in [-0.1, -0.05) is 46.6 Å². The van der Waals surface area contributed by atoms with Crippen LogP contribution in [0.3, 0.4) is 0 Å². The van der Waals surface area contributed by atoms with Gasteiger partial charge in [0.25, 0.3) is 0 Å². The molecular formula is C24H43O4P. The third kappa shape index (κ3) is 16.5. The summed E-state index contributed by atoms with van der Waals surface area (Å²) in [5.41, 5.74) is 5.24. The maximum absolute atomic E-state index is 12.3. The molecule has 0 aliphatic heterocycles. The van der Waals surface area contributed by atoms with Gasteiger partial charge in [0.05, 0.1) is 21.2 Å². The summed E-state index contributed by atoms with van der Waals surface area (Å²) in [7, 11) is -3.66. The summed E-state index contributed by atoms with van der Waals surface area (Å²) in [5.74, 6) is 0. The van der Waals surface area contributed by atoms with Crippen molar-refractivity contribution < 1.29 is 19.5 Å². The molecule has 0 N–H and O–H groups in total. The molecule has 168 valence electrons. The van der Waals surface area contributed by atoms with Gasteiger partial charge in [0.2, 0.25) is 0 Å². The molecule has 0 amide bonds. The summed E-state index contributed by atoms with van der Waals surface area (Å²) in [4.78, 5) is 0. The lowest BCUT2D eigenvalue weighted by atomic mass is 10.0. The number of phosphoric acid groups is 1. The molecule has 0 bridgehead atoms. The van der Waals surface area contributed by atoms with Gasteiger partial charge in [-0.15, -0.1) is 0 Å². The predicted octanol–water partition coefficient (Wildman–Crippen LogP) is 8.33. The maximum Gasteiger partial charge on any atom is 0.475 e. The lowest BCUT2D eigenvalue weighted by Crippen LogP contribution is -2.00. The van der Waals surface area contributed by atoms with Crippen molar-refractivity contribution in [2.45, 2.75) is 87.0 Å². The lowest BCUT2D eigenvalue weighted by molar-refractivity contribution is 0.131. The molecule has 4 nitrogen and oxygen atoms in total. The van der Waals surface area contributed by atoms with E-state index in [4.69, 9.17) is 14.9 Å². The molecule has 0 radical (unpaired) electrons. The smallest absolute Gasteiger partial charge is 0.287 e. The van der Waals surface area contributed by atoms with Gasteiger partial charge in [0.15, 0.2) is 0 Å². The van der Waals surface area contributed by atoms with Crippen molar-refractivity contribution in [1.29, 1.82) is 0 Å². The molecule has 1 atom stereocenters. The highest BCUT2D eigenvalue weighted by molar-refractivity contribution is 7.48. The molecule has 0 unspecified atom stereocenters. The fraction of sp³-hybridized carbons (Fsp3) is 0.667. The second-order valence-corrected chi connectivity index (χ2v) is 9.16. The van der Waals surface area contributed by atoms with E-state index in [2.05, 4.69) is 45.9 Å². The number of hydrogen-bond donors (Lipinski definition) is 0. The van der Waals surface area contributed by atoms with E-state index in [0.717, 1.165) is 44.1 Å². The highest BCUT2D eigenvalue weighted by atomic mass is 31.2. The Balaban J connectivity index is 4.38. The van der Waals surface area contributed by atoms with Gasteiger partial charge in [-0.05, 0) is 87.0 Å². The zero-order chi connectivity index (χ0) is 23.0. The first-order valence-electron chi connectivity index (χ1n) is 11.3. The van der Waals surface area contributed by atoms with E-state index in [1.807, 2.05) is 6.92 Å². The van der Waals surface area contributed by atoms with Crippen molar-refractivity contribution in [3.63, 3.8) is 0 Å². The van der Waals surface area contributed by atoms with Gasteiger partial charge in [0.1, 0.15) is 0 Å². The average Bonchev–Trinajstić information content (AvgIpc) is 2.61. The molecule has 0 fully saturated rings. The van der Waals surface area contributed by atoms with Gasteiger partial charge in [-0.3, -0.25) is 13.6 Å². The van der Waals surface area contributed by atoms with Crippen LogP contribution in [-0.4, -0.2) is 19.8 Å². The maximum atomic E-state index is 12.3. The molecule has 0 spiro atoms. The minimum atomic E-state index is -3.66. The molecule has 0 heterocycles.